The second-order valence-corrected chi connectivity index (χ2v) is 10.6. The molecule has 1 N–H and O–H groups in total. The second kappa shape index (κ2) is 8.19. The molecule has 160 valence electrons. The summed E-state index contributed by atoms with van der Waals surface area (Å²) in [4.78, 5) is 5.88. The first-order valence-corrected chi connectivity index (χ1v) is 13.0. The molecular formula is C22H16BrN5O2S2. The van der Waals surface area contributed by atoms with Gasteiger partial charge in [0.05, 0.1) is 10.4 Å². The highest BCUT2D eigenvalue weighted by atomic mass is 79.9. The van der Waals surface area contributed by atoms with Gasteiger partial charge in [-0.1, -0.05) is 39.3 Å². The summed E-state index contributed by atoms with van der Waals surface area (Å²) in [5, 5.41) is 12.1. The monoisotopic (exact) mass is 525 g/mol. The van der Waals surface area contributed by atoms with Crippen LogP contribution in [0.5, 0.6) is 0 Å². The Morgan fingerprint density at radius 3 is 2.56 bits per heavy atom. The number of halogens is 1. The van der Waals surface area contributed by atoms with Crippen molar-refractivity contribution in [2.45, 2.75) is 14.8 Å². The third kappa shape index (κ3) is 3.64. The summed E-state index contributed by atoms with van der Waals surface area (Å²) >= 11 is 4.97. The van der Waals surface area contributed by atoms with Gasteiger partial charge in [-0.15, -0.1) is 16.9 Å². The van der Waals surface area contributed by atoms with Crippen LogP contribution in [0, 0.1) is 0 Å². The molecule has 0 spiro atoms. The van der Waals surface area contributed by atoms with E-state index < -0.39 is 9.84 Å². The number of hydrogen-bond acceptors (Lipinski definition) is 7. The first-order chi connectivity index (χ1) is 15.5. The Kier molecular flexibility index (Phi) is 5.36. The number of thioether (sulfide) groups is 1. The van der Waals surface area contributed by atoms with Crippen LogP contribution in [-0.4, -0.2) is 34.5 Å². The summed E-state index contributed by atoms with van der Waals surface area (Å²) in [5.74, 6) is 0.529. The summed E-state index contributed by atoms with van der Waals surface area (Å²) < 4.78 is 28.9. The number of fused-ring (bicyclic) bond motifs is 3. The predicted molar refractivity (Wildman–Crippen MR) is 129 cm³/mol. The molecule has 5 rings (SSSR count). The Labute approximate surface area is 196 Å². The van der Waals surface area contributed by atoms with Crippen LogP contribution in [0.25, 0.3) is 16.6 Å². The molecule has 0 saturated carbocycles. The average Bonchev–Trinajstić information content (AvgIpc) is 3.25. The molecule has 5 aromatic rings. The van der Waals surface area contributed by atoms with Gasteiger partial charge in [0.15, 0.2) is 5.65 Å². The minimum Gasteiger partial charge on any atom is -0.340 e. The third-order valence-corrected chi connectivity index (χ3v) is 7.85. The van der Waals surface area contributed by atoms with E-state index in [-0.39, 0.29) is 15.6 Å². The van der Waals surface area contributed by atoms with E-state index in [0.29, 0.717) is 11.3 Å². The lowest BCUT2D eigenvalue weighted by Gasteiger charge is -2.11. The number of nitrogens with zero attached hydrogens (tertiary/aromatic N) is 4. The quantitative estimate of drug-likeness (QED) is 0.310. The van der Waals surface area contributed by atoms with Gasteiger partial charge in [-0.25, -0.2) is 13.4 Å². The predicted octanol–water partition coefficient (Wildman–Crippen LogP) is 5.34. The van der Waals surface area contributed by atoms with Gasteiger partial charge in [-0.05, 0) is 60.9 Å². The number of anilines is 2. The largest absolute Gasteiger partial charge is 0.340 e. The fraction of sp³-hybridized carbons (Fsp3) is 0.0455. The zero-order valence-electron chi connectivity index (χ0n) is 16.7. The molecule has 0 unspecified atom stereocenters. The zero-order valence-corrected chi connectivity index (χ0v) is 19.9. The maximum Gasteiger partial charge on any atom is 0.229 e. The molecule has 2 aromatic heterocycles. The van der Waals surface area contributed by atoms with Gasteiger partial charge in [-0.3, -0.25) is 0 Å². The maximum atomic E-state index is 13.3. The number of benzene rings is 3. The van der Waals surface area contributed by atoms with Crippen LogP contribution < -0.4 is 5.32 Å². The van der Waals surface area contributed by atoms with E-state index in [9.17, 15) is 8.42 Å². The minimum atomic E-state index is -3.92. The molecule has 0 saturated heterocycles. The summed E-state index contributed by atoms with van der Waals surface area (Å²) in [7, 11) is -3.92. The molecule has 0 aliphatic rings. The fourth-order valence-electron chi connectivity index (χ4n) is 3.38. The fourth-order valence-corrected chi connectivity index (χ4v) is 5.34. The Morgan fingerprint density at radius 2 is 1.78 bits per heavy atom. The number of nitrogens with one attached hydrogen (secondary N) is 1. The van der Waals surface area contributed by atoms with Gasteiger partial charge < -0.3 is 5.32 Å². The van der Waals surface area contributed by atoms with Crippen LogP contribution in [0.2, 0.25) is 0 Å². The Bertz CT molecular complexity index is 1570. The van der Waals surface area contributed by atoms with Crippen LogP contribution in [0.1, 0.15) is 0 Å². The molecule has 10 heteroatoms. The molecule has 32 heavy (non-hydrogen) atoms. The topological polar surface area (TPSA) is 89.2 Å². The lowest BCUT2D eigenvalue weighted by atomic mass is 10.2. The number of sulfone groups is 1. The van der Waals surface area contributed by atoms with Crippen molar-refractivity contribution in [1.29, 1.82) is 0 Å². The standard InChI is InChI=1S/C22H16BrN5O2S2/c1-31-16-6-4-5-15(13-16)24-20-18-7-2-3-8-19(18)28-21(25-20)22(26-27-28)32(29,30)17-11-9-14(23)10-12-17/h2-13H,1H3,(H,24,25). The average molecular weight is 526 g/mol. The third-order valence-electron chi connectivity index (χ3n) is 4.93. The van der Waals surface area contributed by atoms with Crippen molar-refractivity contribution in [2.75, 3.05) is 11.6 Å². The summed E-state index contributed by atoms with van der Waals surface area (Å²) in [6, 6.07) is 21.9. The van der Waals surface area contributed by atoms with Crippen LogP contribution in [0.15, 0.2) is 92.1 Å². The second-order valence-electron chi connectivity index (χ2n) is 6.92. The van der Waals surface area contributed by atoms with Crippen LogP contribution in [0.3, 0.4) is 0 Å². The molecule has 7 nitrogen and oxygen atoms in total. The number of hydrogen-bond donors (Lipinski definition) is 1. The lowest BCUT2D eigenvalue weighted by molar-refractivity contribution is 0.592. The van der Waals surface area contributed by atoms with Crippen molar-refractivity contribution in [3.63, 3.8) is 0 Å². The van der Waals surface area contributed by atoms with E-state index in [1.807, 2.05) is 54.8 Å². The Morgan fingerprint density at radius 1 is 1.00 bits per heavy atom. The summed E-state index contributed by atoms with van der Waals surface area (Å²) in [6.07, 6.45) is 2.01. The zero-order chi connectivity index (χ0) is 22.3. The van der Waals surface area contributed by atoms with E-state index in [2.05, 4.69) is 36.5 Å². The summed E-state index contributed by atoms with van der Waals surface area (Å²) in [6.45, 7) is 0. The van der Waals surface area contributed by atoms with Gasteiger partial charge in [0, 0.05) is 20.4 Å². The van der Waals surface area contributed by atoms with Gasteiger partial charge in [-0.2, -0.15) is 4.52 Å². The molecule has 0 atom stereocenters. The lowest BCUT2D eigenvalue weighted by Crippen LogP contribution is -2.05. The maximum absolute atomic E-state index is 13.3. The highest BCUT2D eigenvalue weighted by Crippen LogP contribution is 2.30. The molecule has 3 aromatic carbocycles. The molecule has 0 aliphatic heterocycles. The molecular weight excluding hydrogens is 510 g/mol. The molecule has 0 bridgehead atoms. The SMILES string of the molecule is CSc1cccc(Nc2nc3c(S(=O)(=O)c4ccc(Br)cc4)nnn3c3ccccc23)c1. The number of para-hydroxylation sites is 1. The van der Waals surface area contributed by atoms with Crippen LogP contribution >= 0.6 is 27.7 Å². The van der Waals surface area contributed by atoms with Gasteiger partial charge >= 0.3 is 0 Å². The van der Waals surface area contributed by atoms with E-state index in [0.717, 1.165) is 20.4 Å². The van der Waals surface area contributed by atoms with Crippen molar-refractivity contribution in [3.8, 4) is 0 Å². The first kappa shape index (κ1) is 20.9. The summed E-state index contributed by atoms with van der Waals surface area (Å²) in [5.41, 5.74) is 1.71. The van der Waals surface area contributed by atoms with Gasteiger partial charge in [0.2, 0.25) is 14.9 Å². The normalized spacial score (nSPS) is 11.8. The van der Waals surface area contributed by atoms with Crippen molar-refractivity contribution in [2.24, 2.45) is 0 Å². The molecule has 0 amide bonds. The molecule has 0 aliphatic carbocycles. The minimum absolute atomic E-state index is 0.125. The first-order valence-electron chi connectivity index (χ1n) is 9.53. The highest BCUT2D eigenvalue weighted by molar-refractivity contribution is 9.10. The molecule has 2 heterocycles. The van der Waals surface area contributed by atoms with Gasteiger partial charge in [0.25, 0.3) is 0 Å². The number of rotatable bonds is 5. The van der Waals surface area contributed by atoms with E-state index in [4.69, 9.17) is 0 Å². The molecule has 0 fully saturated rings. The molecule has 0 radical (unpaired) electrons. The van der Waals surface area contributed by atoms with Crippen LogP contribution in [-0.2, 0) is 9.84 Å². The van der Waals surface area contributed by atoms with Crippen molar-refractivity contribution in [3.05, 3.63) is 77.3 Å². The van der Waals surface area contributed by atoms with Crippen molar-refractivity contribution < 1.29 is 8.42 Å². The van der Waals surface area contributed by atoms with E-state index >= 15 is 0 Å². The van der Waals surface area contributed by atoms with E-state index in [1.54, 1.807) is 23.9 Å². The van der Waals surface area contributed by atoms with Crippen molar-refractivity contribution in [1.82, 2.24) is 19.8 Å². The number of aromatic nitrogens is 4. The van der Waals surface area contributed by atoms with Gasteiger partial charge in [0.1, 0.15) is 5.82 Å². The highest BCUT2D eigenvalue weighted by Gasteiger charge is 2.27. The Balaban J connectivity index is 1.72. The van der Waals surface area contributed by atoms with Crippen LogP contribution in [0.4, 0.5) is 11.5 Å². The van der Waals surface area contributed by atoms with Crippen molar-refractivity contribution >= 4 is 65.6 Å². The smallest absolute Gasteiger partial charge is 0.229 e. The Hall–Kier alpha value is -2.95. The van der Waals surface area contributed by atoms with E-state index in [1.165, 1.54) is 16.6 Å².